The monoisotopic (exact) mass is 491 g/mol. The molecule has 1 heterocycles. The second-order valence-electron chi connectivity index (χ2n) is 9.41. The summed E-state index contributed by atoms with van der Waals surface area (Å²) < 4.78 is 17.1. The van der Waals surface area contributed by atoms with Crippen molar-refractivity contribution >= 4 is 28.5 Å². The molecular weight excluding hydrogens is 458 g/mol. The number of nitrogens with zero attached hydrogens (tertiary/aromatic N) is 1. The van der Waals surface area contributed by atoms with E-state index in [4.69, 9.17) is 14.2 Å². The molecule has 0 bridgehead atoms. The average molecular weight is 492 g/mol. The molecule has 2 aromatic carbocycles. The van der Waals surface area contributed by atoms with Crippen molar-refractivity contribution in [1.82, 2.24) is 4.98 Å². The highest BCUT2D eigenvalue weighted by Gasteiger charge is 2.28. The lowest BCUT2D eigenvalue weighted by Crippen LogP contribution is -2.36. The maximum atomic E-state index is 12.9. The van der Waals surface area contributed by atoms with Crippen LogP contribution in [0, 0.1) is 11.8 Å². The second-order valence-corrected chi connectivity index (χ2v) is 9.41. The maximum Gasteiger partial charge on any atom is 0.309 e. The van der Waals surface area contributed by atoms with E-state index in [2.05, 4.69) is 18.8 Å². The van der Waals surface area contributed by atoms with Crippen LogP contribution in [0.1, 0.15) is 57.9 Å². The lowest BCUT2D eigenvalue weighted by atomic mass is 10.0. The molecule has 190 valence electrons. The fourth-order valence-corrected chi connectivity index (χ4v) is 3.89. The molecule has 3 aromatic rings. The predicted molar refractivity (Wildman–Crippen MR) is 137 cm³/mol. The van der Waals surface area contributed by atoms with Crippen molar-refractivity contribution in [1.29, 1.82) is 0 Å². The minimum Gasteiger partial charge on any atom is -0.487 e. The topological polar surface area (TPSA) is 91.8 Å². The molecule has 0 saturated heterocycles. The van der Waals surface area contributed by atoms with Crippen molar-refractivity contribution in [3.05, 3.63) is 66.5 Å². The Morgan fingerprint density at radius 2 is 1.64 bits per heavy atom. The highest BCUT2D eigenvalue weighted by Crippen LogP contribution is 2.25. The normalized spacial score (nSPS) is 13.6. The lowest BCUT2D eigenvalue weighted by Gasteiger charge is -2.27. The summed E-state index contributed by atoms with van der Waals surface area (Å²) in [6.45, 7) is 8.84. The SMILES string of the molecule is CC(=O)Oc1cccnc1C(=O)C[C@@H](C)C(=O)O[C@@H](C)[C@@H](CC(C)C)Oc1ccc2ccccc2c1. The molecule has 7 nitrogen and oxygen atoms in total. The Morgan fingerprint density at radius 1 is 0.917 bits per heavy atom. The van der Waals surface area contributed by atoms with E-state index in [0.717, 1.165) is 10.8 Å². The van der Waals surface area contributed by atoms with Crippen LogP contribution >= 0.6 is 0 Å². The van der Waals surface area contributed by atoms with Crippen molar-refractivity contribution in [2.45, 2.75) is 59.7 Å². The van der Waals surface area contributed by atoms with Crippen molar-refractivity contribution in [2.75, 3.05) is 0 Å². The Bertz CT molecular complexity index is 1220. The molecule has 0 spiro atoms. The fraction of sp³-hybridized carbons (Fsp3) is 0.379. The number of esters is 2. The quantitative estimate of drug-likeness (QED) is 0.247. The molecule has 0 fully saturated rings. The minimum atomic E-state index is -0.715. The number of ketones is 1. The number of hydrogen-bond donors (Lipinski definition) is 0. The molecule has 0 aliphatic carbocycles. The summed E-state index contributed by atoms with van der Waals surface area (Å²) in [5.41, 5.74) is 0.0118. The van der Waals surface area contributed by atoms with Gasteiger partial charge in [-0.2, -0.15) is 0 Å². The first kappa shape index (κ1) is 26.9. The van der Waals surface area contributed by atoms with Gasteiger partial charge >= 0.3 is 11.9 Å². The Labute approximate surface area is 211 Å². The van der Waals surface area contributed by atoms with Gasteiger partial charge in [0.1, 0.15) is 23.7 Å². The van der Waals surface area contributed by atoms with E-state index in [0.29, 0.717) is 18.1 Å². The van der Waals surface area contributed by atoms with Gasteiger partial charge in [-0.15, -0.1) is 0 Å². The van der Waals surface area contributed by atoms with Crippen molar-refractivity contribution < 1.29 is 28.6 Å². The van der Waals surface area contributed by atoms with Gasteiger partial charge in [-0.05, 0) is 54.3 Å². The van der Waals surface area contributed by atoms with Crippen LogP contribution in [0.25, 0.3) is 10.8 Å². The van der Waals surface area contributed by atoms with Gasteiger partial charge in [0.25, 0.3) is 0 Å². The molecule has 0 unspecified atom stereocenters. The summed E-state index contributed by atoms with van der Waals surface area (Å²) in [6, 6.07) is 17.0. The molecule has 0 radical (unpaired) electrons. The molecule has 0 N–H and O–H groups in total. The number of benzene rings is 2. The van der Waals surface area contributed by atoms with Gasteiger partial charge in [0.15, 0.2) is 11.5 Å². The zero-order valence-electron chi connectivity index (χ0n) is 21.4. The van der Waals surface area contributed by atoms with E-state index in [9.17, 15) is 14.4 Å². The molecular formula is C29H33NO6. The number of pyridine rings is 1. The van der Waals surface area contributed by atoms with Crippen molar-refractivity contribution in [2.24, 2.45) is 11.8 Å². The smallest absolute Gasteiger partial charge is 0.309 e. The van der Waals surface area contributed by atoms with Crippen molar-refractivity contribution in [3.8, 4) is 11.5 Å². The van der Waals surface area contributed by atoms with Gasteiger partial charge in [-0.1, -0.05) is 51.1 Å². The third-order valence-corrected chi connectivity index (χ3v) is 5.72. The first-order valence-corrected chi connectivity index (χ1v) is 12.2. The number of Topliss-reactive ketones (excluding diaryl/α,β-unsaturated/α-hetero) is 1. The Balaban J connectivity index is 1.66. The lowest BCUT2D eigenvalue weighted by molar-refractivity contribution is -0.157. The molecule has 0 amide bonds. The van der Waals surface area contributed by atoms with Crippen molar-refractivity contribution in [3.63, 3.8) is 0 Å². The van der Waals surface area contributed by atoms with Crippen LogP contribution in [0.3, 0.4) is 0 Å². The van der Waals surface area contributed by atoms with Gasteiger partial charge < -0.3 is 14.2 Å². The van der Waals surface area contributed by atoms with Crippen LogP contribution in [-0.4, -0.2) is 34.9 Å². The van der Waals surface area contributed by atoms with E-state index < -0.39 is 29.7 Å². The van der Waals surface area contributed by atoms with Crippen LogP contribution in [0.2, 0.25) is 0 Å². The minimum absolute atomic E-state index is 0.0118. The van der Waals surface area contributed by atoms with Gasteiger partial charge in [0.2, 0.25) is 0 Å². The molecule has 7 heteroatoms. The largest absolute Gasteiger partial charge is 0.487 e. The highest BCUT2D eigenvalue weighted by atomic mass is 16.6. The second kappa shape index (κ2) is 12.3. The molecule has 36 heavy (non-hydrogen) atoms. The maximum absolute atomic E-state index is 12.9. The Kier molecular flexibility index (Phi) is 9.17. The summed E-state index contributed by atoms with van der Waals surface area (Å²) in [7, 11) is 0. The van der Waals surface area contributed by atoms with Gasteiger partial charge in [0.05, 0.1) is 5.92 Å². The molecule has 0 saturated carbocycles. The Hall–Kier alpha value is -3.74. The summed E-state index contributed by atoms with van der Waals surface area (Å²) in [6.07, 6.45) is 1.11. The summed E-state index contributed by atoms with van der Waals surface area (Å²) in [5.74, 6) is -1.08. The third kappa shape index (κ3) is 7.38. The number of carbonyl (C=O) groups is 3. The van der Waals surface area contributed by atoms with Crippen LogP contribution in [0.4, 0.5) is 0 Å². The fourth-order valence-electron chi connectivity index (χ4n) is 3.89. The first-order valence-electron chi connectivity index (χ1n) is 12.2. The zero-order chi connectivity index (χ0) is 26.2. The van der Waals surface area contributed by atoms with E-state index in [1.165, 1.54) is 19.2 Å². The highest BCUT2D eigenvalue weighted by molar-refractivity contribution is 5.99. The zero-order valence-corrected chi connectivity index (χ0v) is 21.4. The molecule has 1 aromatic heterocycles. The van der Waals surface area contributed by atoms with Crippen LogP contribution in [0.5, 0.6) is 11.5 Å². The van der Waals surface area contributed by atoms with E-state index in [1.807, 2.05) is 42.5 Å². The average Bonchev–Trinajstić information content (AvgIpc) is 2.83. The van der Waals surface area contributed by atoms with Crippen LogP contribution < -0.4 is 9.47 Å². The van der Waals surface area contributed by atoms with E-state index in [-0.39, 0.29) is 24.0 Å². The molecule has 3 rings (SSSR count). The summed E-state index contributed by atoms with van der Waals surface area (Å²) in [5, 5.41) is 2.19. The van der Waals surface area contributed by atoms with Gasteiger partial charge in [0, 0.05) is 19.5 Å². The number of rotatable bonds is 11. The summed E-state index contributed by atoms with van der Waals surface area (Å²) in [4.78, 5) is 41.0. The van der Waals surface area contributed by atoms with Gasteiger partial charge in [-0.25, -0.2) is 4.98 Å². The standard InChI is InChI=1S/C29H33NO6/c1-18(2)15-27(36-24-13-12-22-9-6-7-10-23(22)17-24)20(4)34-29(33)19(3)16-25(32)28-26(35-21(5)31)11-8-14-30-28/h6-14,17-20,27H,15-16H2,1-5H3/t19-,20+,27-/m1/s1. The van der Waals surface area contributed by atoms with E-state index >= 15 is 0 Å². The number of hydrogen-bond acceptors (Lipinski definition) is 7. The number of fused-ring (bicyclic) bond motifs is 1. The number of aromatic nitrogens is 1. The Morgan fingerprint density at radius 3 is 2.33 bits per heavy atom. The molecule has 3 atom stereocenters. The molecule has 0 aliphatic heterocycles. The van der Waals surface area contributed by atoms with E-state index in [1.54, 1.807) is 19.9 Å². The number of carbonyl (C=O) groups excluding carboxylic acids is 3. The predicted octanol–water partition coefficient (Wildman–Crippen LogP) is 5.79. The van der Waals surface area contributed by atoms with Gasteiger partial charge in [-0.3, -0.25) is 14.4 Å². The number of ether oxygens (including phenoxy) is 3. The third-order valence-electron chi connectivity index (χ3n) is 5.72. The molecule has 0 aliphatic rings. The first-order chi connectivity index (χ1) is 17.1. The van der Waals surface area contributed by atoms with Crippen LogP contribution in [-0.2, 0) is 14.3 Å². The summed E-state index contributed by atoms with van der Waals surface area (Å²) >= 11 is 0. The van der Waals surface area contributed by atoms with Crippen LogP contribution in [0.15, 0.2) is 60.8 Å².